The highest BCUT2D eigenvalue weighted by atomic mass is 16.5. The Kier molecular flexibility index (Phi) is 3.17. The monoisotopic (exact) mass is 275 g/mol. The average molecular weight is 275 g/mol. The van der Waals surface area contributed by atoms with Crippen LogP contribution in [-0.4, -0.2) is 12.1 Å². The maximum absolute atomic E-state index is 8.88. The fourth-order valence-electron chi connectivity index (χ4n) is 2.40. The van der Waals surface area contributed by atoms with Gasteiger partial charge in [0.05, 0.1) is 36.1 Å². The molecular formula is C17H13N3O. The van der Waals surface area contributed by atoms with Gasteiger partial charge in [0, 0.05) is 10.9 Å². The summed E-state index contributed by atoms with van der Waals surface area (Å²) in [5.74, 6) is 0.635. The summed E-state index contributed by atoms with van der Waals surface area (Å²) in [7, 11) is 1.60. The molecule has 0 aliphatic heterocycles. The van der Waals surface area contributed by atoms with Gasteiger partial charge in [-0.2, -0.15) is 5.26 Å². The van der Waals surface area contributed by atoms with Crippen molar-refractivity contribution >= 4 is 16.6 Å². The molecule has 0 saturated carbocycles. The number of rotatable bonds is 2. The maximum Gasteiger partial charge on any atom is 0.152 e. The van der Waals surface area contributed by atoms with E-state index in [1.54, 1.807) is 25.4 Å². The number of nitrogen functional groups attached to an aromatic ring is 1. The number of nitrogens with two attached hydrogens (primary N) is 1. The minimum atomic E-state index is 0.516. The SMILES string of the molecule is COc1c(N)cnc2c(-c3ccc(C#N)cc3)cccc12. The molecule has 0 unspecified atom stereocenters. The lowest BCUT2D eigenvalue weighted by Crippen LogP contribution is -1.96. The first-order chi connectivity index (χ1) is 10.2. The van der Waals surface area contributed by atoms with Crippen LogP contribution < -0.4 is 10.5 Å². The van der Waals surface area contributed by atoms with Gasteiger partial charge in [-0.15, -0.1) is 0 Å². The van der Waals surface area contributed by atoms with Crippen LogP contribution in [0, 0.1) is 11.3 Å². The van der Waals surface area contributed by atoms with E-state index in [1.807, 2.05) is 30.3 Å². The van der Waals surface area contributed by atoms with Gasteiger partial charge < -0.3 is 10.5 Å². The Bertz CT molecular complexity index is 848. The van der Waals surface area contributed by atoms with Crippen LogP contribution in [0.15, 0.2) is 48.7 Å². The van der Waals surface area contributed by atoms with E-state index in [2.05, 4.69) is 11.1 Å². The third-order valence-corrected chi connectivity index (χ3v) is 3.40. The number of para-hydroxylation sites is 1. The third-order valence-electron chi connectivity index (χ3n) is 3.40. The molecule has 0 amide bonds. The highest BCUT2D eigenvalue weighted by Crippen LogP contribution is 2.35. The molecule has 21 heavy (non-hydrogen) atoms. The van der Waals surface area contributed by atoms with E-state index in [1.165, 1.54) is 0 Å². The standard InChI is InChI=1S/C17H13N3O/c1-21-17-14-4-2-3-13(16(14)20-10-15(17)19)12-7-5-11(9-18)6-8-12/h2-8,10H,19H2,1H3. The molecule has 3 rings (SSSR count). The topological polar surface area (TPSA) is 71.9 Å². The first-order valence-corrected chi connectivity index (χ1v) is 6.46. The van der Waals surface area contributed by atoms with Gasteiger partial charge in [0.1, 0.15) is 0 Å². The van der Waals surface area contributed by atoms with Gasteiger partial charge in [-0.1, -0.05) is 24.3 Å². The van der Waals surface area contributed by atoms with Crippen molar-refractivity contribution in [3.05, 3.63) is 54.2 Å². The van der Waals surface area contributed by atoms with Crippen LogP contribution in [0.3, 0.4) is 0 Å². The average Bonchev–Trinajstić information content (AvgIpc) is 2.54. The fourth-order valence-corrected chi connectivity index (χ4v) is 2.40. The summed E-state index contributed by atoms with van der Waals surface area (Å²) in [6.45, 7) is 0. The van der Waals surface area contributed by atoms with E-state index >= 15 is 0 Å². The van der Waals surface area contributed by atoms with E-state index in [0.717, 1.165) is 22.0 Å². The predicted octanol–water partition coefficient (Wildman–Crippen LogP) is 3.36. The van der Waals surface area contributed by atoms with E-state index in [9.17, 15) is 0 Å². The number of aromatic nitrogens is 1. The molecule has 0 spiro atoms. The number of hydrogen-bond acceptors (Lipinski definition) is 4. The number of hydrogen-bond donors (Lipinski definition) is 1. The number of pyridine rings is 1. The van der Waals surface area contributed by atoms with Crippen LogP contribution in [0.2, 0.25) is 0 Å². The van der Waals surface area contributed by atoms with Crippen molar-refractivity contribution in [1.29, 1.82) is 5.26 Å². The van der Waals surface area contributed by atoms with Crippen LogP contribution in [-0.2, 0) is 0 Å². The van der Waals surface area contributed by atoms with E-state index in [0.29, 0.717) is 17.0 Å². The van der Waals surface area contributed by atoms with Crippen molar-refractivity contribution in [3.8, 4) is 22.9 Å². The summed E-state index contributed by atoms with van der Waals surface area (Å²) in [5.41, 5.74) is 9.86. The number of nitriles is 1. The number of benzene rings is 2. The van der Waals surface area contributed by atoms with E-state index in [4.69, 9.17) is 15.7 Å². The number of fused-ring (bicyclic) bond motifs is 1. The quantitative estimate of drug-likeness (QED) is 0.778. The van der Waals surface area contributed by atoms with Gasteiger partial charge in [-0.25, -0.2) is 0 Å². The molecular weight excluding hydrogens is 262 g/mol. The van der Waals surface area contributed by atoms with Gasteiger partial charge >= 0.3 is 0 Å². The molecule has 102 valence electrons. The number of anilines is 1. The summed E-state index contributed by atoms with van der Waals surface area (Å²) >= 11 is 0. The lowest BCUT2D eigenvalue weighted by atomic mass is 10.0. The summed E-state index contributed by atoms with van der Waals surface area (Å²) < 4.78 is 5.38. The summed E-state index contributed by atoms with van der Waals surface area (Å²) in [5, 5.41) is 9.75. The molecule has 0 fully saturated rings. The van der Waals surface area contributed by atoms with Gasteiger partial charge in [0.2, 0.25) is 0 Å². The summed E-state index contributed by atoms with van der Waals surface area (Å²) in [4.78, 5) is 4.44. The van der Waals surface area contributed by atoms with Gasteiger partial charge in [0.25, 0.3) is 0 Å². The van der Waals surface area contributed by atoms with Crippen LogP contribution in [0.5, 0.6) is 5.75 Å². The van der Waals surface area contributed by atoms with Crippen molar-refractivity contribution in [2.45, 2.75) is 0 Å². The van der Waals surface area contributed by atoms with Crippen molar-refractivity contribution in [2.75, 3.05) is 12.8 Å². The smallest absolute Gasteiger partial charge is 0.152 e. The van der Waals surface area contributed by atoms with Gasteiger partial charge in [-0.05, 0) is 23.8 Å². The molecule has 0 radical (unpaired) electrons. The van der Waals surface area contributed by atoms with Gasteiger partial charge in [0.15, 0.2) is 5.75 Å². The molecule has 3 aromatic rings. The van der Waals surface area contributed by atoms with Crippen LogP contribution in [0.1, 0.15) is 5.56 Å². The minimum absolute atomic E-state index is 0.516. The zero-order chi connectivity index (χ0) is 14.8. The second kappa shape index (κ2) is 5.14. The fraction of sp³-hybridized carbons (Fsp3) is 0.0588. The third kappa shape index (κ3) is 2.15. The lowest BCUT2D eigenvalue weighted by molar-refractivity contribution is 0.421. The molecule has 4 nitrogen and oxygen atoms in total. The van der Waals surface area contributed by atoms with Crippen molar-refractivity contribution < 1.29 is 4.74 Å². The van der Waals surface area contributed by atoms with Gasteiger partial charge in [-0.3, -0.25) is 4.98 Å². The predicted molar refractivity (Wildman–Crippen MR) is 82.9 cm³/mol. The van der Waals surface area contributed by atoms with E-state index < -0.39 is 0 Å². The molecule has 1 aromatic heterocycles. The Balaban J connectivity index is 2.26. The largest absolute Gasteiger partial charge is 0.494 e. The van der Waals surface area contributed by atoms with Crippen LogP contribution >= 0.6 is 0 Å². The normalized spacial score (nSPS) is 10.3. The molecule has 1 heterocycles. The zero-order valence-electron chi connectivity index (χ0n) is 11.5. The van der Waals surface area contributed by atoms with Crippen molar-refractivity contribution in [1.82, 2.24) is 4.98 Å². The molecule has 4 heteroatoms. The Morgan fingerprint density at radius 2 is 1.90 bits per heavy atom. The van der Waals surface area contributed by atoms with Crippen molar-refractivity contribution in [2.24, 2.45) is 0 Å². The van der Waals surface area contributed by atoms with Crippen LogP contribution in [0.4, 0.5) is 5.69 Å². The number of nitrogens with zero attached hydrogens (tertiary/aromatic N) is 2. The minimum Gasteiger partial charge on any atom is -0.494 e. The molecule has 0 bridgehead atoms. The second-order valence-electron chi connectivity index (χ2n) is 4.64. The number of methoxy groups -OCH3 is 1. The van der Waals surface area contributed by atoms with Crippen molar-refractivity contribution in [3.63, 3.8) is 0 Å². The Morgan fingerprint density at radius 3 is 2.57 bits per heavy atom. The first-order valence-electron chi connectivity index (χ1n) is 6.46. The lowest BCUT2D eigenvalue weighted by Gasteiger charge is -2.11. The molecule has 2 N–H and O–H groups in total. The molecule has 0 aliphatic rings. The van der Waals surface area contributed by atoms with Crippen LogP contribution in [0.25, 0.3) is 22.0 Å². The zero-order valence-corrected chi connectivity index (χ0v) is 11.5. The highest BCUT2D eigenvalue weighted by Gasteiger charge is 2.11. The molecule has 0 aliphatic carbocycles. The maximum atomic E-state index is 8.88. The summed E-state index contributed by atoms with van der Waals surface area (Å²) in [6, 6.07) is 15.4. The summed E-state index contributed by atoms with van der Waals surface area (Å²) in [6.07, 6.45) is 1.61. The Morgan fingerprint density at radius 1 is 1.14 bits per heavy atom. The van der Waals surface area contributed by atoms with E-state index in [-0.39, 0.29) is 0 Å². The second-order valence-corrected chi connectivity index (χ2v) is 4.64. The Hall–Kier alpha value is -3.06. The highest BCUT2D eigenvalue weighted by molar-refractivity contribution is 5.99. The molecule has 0 saturated heterocycles. The molecule has 0 atom stereocenters. The number of ether oxygens (including phenoxy) is 1. The first kappa shape index (κ1) is 12.9. The Labute approximate surface area is 122 Å². The molecule has 2 aromatic carbocycles.